The smallest absolute Gasteiger partial charge is 0.255 e. The van der Waals surface area contributed by atoms with Crippen LogP contribution in [0.5, 0.6) is 0 Å². The lowest BCUT2D eigenvalue weighted by atomic mass is 10.0. The van der Waals surface area contributed by atoms with Crippen molar-refractivity contribution in [2.24, 2.45) is 5.92 Å². The molecule has 1 atom stereocenters. The number of carbonyl (C=O) groups excluding carboxylic acids is 2. The average Bonchev–Trinajstić information content (AvgIpc) is 2.91. The largest absolute Gasteiger partial charge is 0.322 e. The number of benzene rings is 1. The van der Waals surface area contributed by atoms with Gasteiger partial charge >= 0.3 is 0 Å². The van der Waals surface area contributed by atoms with Crippen molar-refractivity contribution in [2.45, 2.75) is 39.8 Å². The molecule has 0 saturated carbocycles. The highest BCUT2D eigenvalue weighted by molar-refractivity contribution is 6.03. The SMILES string of the molecule is Cc1cccnc1NC(=O)C(CC(C)C)N1Cc2ccccc2C1=O. The fraction of sp³-hybridized carbons (Fsp3) is 0.350. The van der Waals surface area contributed by atoms with Crippen LogP contribution in [0.25, 0.3) is 0 Å². The number of aromatic nitrogens is 1. The third-order valence-electron chi connectivity index (χ3n) is 4.47. The molecule has 1 N–H and O–H groups in total. The highest BCUT2D eigenvalue weighted by Crippen LogP contribution is 2.27. The molecule has 0 fully saturated rings. The Hall–Kier alpha value is -2.69. The van der Waals surface area contributed by atoms with Gasteiger partial charge in [0.15, 0.2) is 0 Å². The number of hydrogen-bond acceptors (Lipinski definition) is 3. The minimum Gasteiger partial charge on any atom is -0.322 e. The molecule has 130 valence electrons. The molecule has 1 aromatic heterocycles. The maximum Gasteiger partial charge on any atom is 0.255 e. The number of carbonyl (C=O) groups is 2. The third kappa shape index (κ3) is 3.55. The average molecular weight is 337 g/mol. The van der Waals surface area contributed by atoms with Gasteiger partial charge < -0.3 is 10.2 Å². The molecule has 0 spiro atoms. The van der Waals surface area contributed by atoms with E-state index in [1.54, 1.807) is 11.1 Å². The first-order chi connectivity index (χ1) is 12.0. The van der Waals surface area contributed by atoms with Gasteiger partial charge in [0.05, 0.1) is 0 Å². The van der Waals surface area contributed by atoms with E-state index in [9.17, 15) is 9.59 Å². The molecule has 2 aromatic rings. The normalized spacial score (nSPS) is 14.6. The molecular weight excluding hydrogens is 314 g/mol. The number of rotatable bonds is 5. The van der Waals surface area contributed by atoms with E-state index >= 15 is 0 Å². The van der Waals surface area contributed by atoms with Crippen LogP contribution in [0.3, 0.4) is 0 Å². The molecule has 1 unspecified atom stereocenters. The Balaban J connectivity index is 1.84. The van der Waals surface area contributed by atoms with Crippen LogP contribution in [-0.2, 0) is 11.3 Å². The van der Waals surface area contributed by atoms with E-state index < -0.39 is 6.04 Å². The van der Waals surface area contributed by atoms with Gasteiger partial charge in [0.25, 0.3) is 5.91 Å². The van der Waals surface area contributed by atoms with Crippen LogP contribution in [0.4, 0.5) is 5.82 Å². The Kier molecular flexibility index (Phi) is 4.83. The van der Waals surface area contributed by atoms with Crippen LogP contribution >= 0.6 is 0 Å². The van der Waals surface area contributed by atoms with E-state index in [1.165, 1.54) is 0 Å². The van der Waals surface area contributed by atoms with Crippen molar-refractivity contribution in [3.63, 3.8) is 0 Å². The van der Waals surface area contributed by atoms with Crippen molar-refractivity contribution >= 4 is 17.6 Å². The van der Waals surface area contributed by atoms with Crippen LogP contribution < -0.4 is 5.32 Å². The first-order valence-corrected chi connectivity index (χ1v) is 8.58. The molecule has 2 heterocycles. The highest BCUT2D eigenvalue weighted by Gasteiger charge is 2.36. The second kappa shape index (κ2) is 7.05. The summed E-state index contributed by atoms with van der Waals surface area (Å²) in [7, 11) is 0. The number of aryl methyl sites for hydroxylation is 1. The molecular formula is C20H23N3O2. The Morgan fingerprint density at radius 3 is 2.68 bits per heavy atom. The second-order valence-electron chi connectivity index (χ2n) is 6.89. The fourth-order valence-corrected chi connectivity index (χ4v) is 3.17. The van der Waals surface area contributed by atoms with Crippen LogP contribution in [0.15, 0.2) is 42.6 Å². The van der Waals surface area contributed by atoms with Gasteiger partial charge in [-0.3, -0.25) is 9.59 Å². The van der Waals surface area contributed by atoms with Gasteiger partial charge in [-0.05, 0) is 42.5 Å². The summed E-state index contributed by atoms with van der Waals surface area (Å²) in [6.45, 7) is 6.48. The van der Waals surface area contributed by atoms with E-state index in [4.69, 9.17) is 0 Å². The predicted molar refractivity (Wildman–Crippen MR) is 97.2 cm³/mol. The maximum atomic E-state index is 12.9. The molecule has 3 rings (SSSR count). The van der Waals surface area contributed by atoms with Crippen molar-refractivity contribution in [3.8, 4) is 0 Å². The summed E-state index contributed by atoms with van der Waals surface area (Å²) in [4.78, 5) is 31.6. The second-order valence-corrected chi connectivity index (χ2v) is 6.89. The molecule has 5 heteroatoms. The molecule has 25 heavy (non-hydrogen) atoms. The van der Waals surface area contributed by atoms with Crippen LogP contribution in [0.1, 0.15) is 41.8 Å². The van der Waals surface area contributed by atoms with Crippen molar-refractivity contribution < 1.29 is 9.59 Å². The Labute approximate surface area is 148 Å². The standard InChI is InChI=1S/C20H23N3O2/c1-13(2)11-17(19(24)22-18-14(3)7-6-10-21-18)23-12-15-8-4-5-9-16(15)20(23)25/h4-10,13,17H,11-12H2,1-3H3,(H,21,22,24). The lowest BCUT2D eigenvalue weighted by Crippen LogP contribution is -2.45. The molecule has 1 aromatic carbocycles. The number of anilines is 1. The molecule has 0 radical (unpaired) electrons. The molecule has 1 aliphatic rings. The zero-order chi connectivity index (χ0) is 18.0. The molecule has 0 bridgehead atoms. The molecule has 5 nitrogen and oxygen atoms in total. The molecule has 0 saturated heterocycles. The maximum absolute atomic E-state index is 12.9. The topological polar surface area (TPSA) is 62.3 Å². The molecule has 0 aliphatic carbocycles. The predicted octanol–water partition coefficient (Wildman–Crippen LogP) is 3.40. The van der Waals surface area contributed by atoms with Crippen LogP contribution in [-0.4, -0.2) is 27.7 Å². The molecule has 1 aliphatic heterocycles. The van der Waals surface area contributed by atoms with E-state index in [0.717, 1.165) is 11.1 Å². The van der Waals surface area contributed by atoms with E-state index in [0.29, 0.717) is 24.3 Å². The van der Waals surface area contributed by atoms with Gasteiger partial charge in [-0.2, -0.15) is 0 Å². The van der Waals surface area contributed by atoms with E-state index in [2.05, 4.69) is 24.1 Å². The van der Waals surface area contributed by atoms with Gasteiger partial charge in [0.1, 0.15) is 11.9 Å². The zero-order valence-electron chi connectivity index (χ0n) is 14.8. The summed E-state index contributed by atoms with van der Waals surface area (Å²) < 4.78 is 0. The van der Waals surface area contributed by atoms with Crippen molar-refractivity contribution in [1.29, 1.82) is 0 Å². The van der Waals surface area contributed by atoms with Crippen LogP contribution in [0, 0.1) is 12.8 Å². The number of fused-ring (bicyclic) bond motifs is 1. The summed E-state index contributed by atoms with van der Waals surface area (Å²) in [5, 5.41) is 2.90. The van der Waals surface area contributed by atoms with Crippen LogP contribution in [0.2, 0.25) is 0 Å². The van der Waals surface area contributed by atoms with Crippen molar-refractivity contribution in [2.75, 3.05) is 5.32 Å². The lowest BCUT2D eigenvalue weighted by molar-refractivity contribution is -0.121. The number of nitrogens with one attached hydrogen (secondary N) is 1. The summed E-state index contributed by atoms with van der Waals surface area (Å²) in [6, 6.07) is 10.8. The Morgan fingerprint density at radius 2 is 2.00 bits per heavy atom. The quantitative estimate of drug-likeness (QED) is 0.909. The lowest BCUT2D eigenvalue weighted by Gasteiger charge is -2.28. The van der Waals surface area contributed by atoms with Crippen molar-refractivity contribution in [1.82, 2.24) is 9.88 Å². The van der Waals surface area contributed by atoms with Gasteiger partial charge in [0.2, 0.25) is 5.91 Å². The zero-order valence-corrected chi connectivity index (χ0v) is 14.8. The summed E-state index contributed by atoms with van der Waals surface area (Å²) in [5.41, 5.74) is 2.57. The summed E-state index contributed by atoms with van der Waals surface area (Å²) in [6.07, 6.45) is 2.26. The number of amides is 2. The monoisotopic (exact) mass is 337 g/mol. The first-order valence-electron chi connectivity index (χ1n) is 8.58. The Morgan fingerprint density at radius 1 is 1.24 bits per heavy atom. The Bertz CT molecular complexity index is 801. The first kappa shape index (κ1) is 17.1. The summed E-state index contributed by atoms with van der Waals surface area (Å²) >= 11 is 0. The number of hydrogen-bond donors (Lipinski definition) is 1. The van der Waals surface area contributed by atoms with Gasteiger partial charge in [-0.15, -0.1) is 0 Å². The minimum atomic E-state index is -0.513. The summed E-state index contributed by atoms with van der Waals surface area (Å²) in [5.74, 6) is 0.577. The highest BCUT2D eigenvalue weighted by atomic mass is 16.2. The van der Waals surface area contributed by atoms with E-state index in [-0.39, 0.29) is 17.7 Å². The number of nitrogens with zero attached hydrogens (tertiary/aromatic N) is 2. The van der Waals surface area contributed by atoms with Gasteiger partial charge in [-0.1, -0.05) is 38.1 Å². The van der Waals surface area contributed by atoms with Gasteiger partial charge in [-0.25, -0.2) is 4.98 Å². The number of pyridine rings is 1. The third-order valence-corrected chi connectivity index (χ3v) is 4.47. The van der Waals surface area contributed by atoms with Gasteiger partial charge in [0, 0.05) is 18.3 Å². The molecule has 2 amide bonds. The van der Waals surface area contributed by atoms with E-state index in [1.807, 2.05) is 43.3 Å². The fourth-order valence-electron chi connectivity index (χ4n) is 3.17. The minimum absolute atomic E-state index is 0.0749. The van der Waals surface area contributed by atoms with Crippen molar-refractivity contribution in [3.05, 3.63) is 59.3 Å².